The Morgan fingerprint density at radius 1 is 0.860 bits per heavy atom. The molecule has 4 aromatic rings. The Balaban J connectivity index is 1.53. The third-order valence-electron chi connectivity index (χ3n) is 8.93. The summed E-state index contributed by atoms with van der Waals surface area (Å²) in [5.74, 6) is -1.31. The average Bonchev–Trinajstić information content (AvgIpc) is 3.52. The van der Waals surface area contributed by atoms with Crippen molar-refractivity contribution in [1.29, 1.82) is 0 Å². The van der Waals surface area contributed by atoms with E-state index in [2.05, 4.69) is 5.32 Å². The third kappa shape index (κ3) is 3.78. The van der Waals surface area contributed by atoms with Gasteiger partial charge in [0.05, 0.1) is 31.2 Å². The molecule has 1 spiro atoms. The van der Waals surface area contributed by atoms with Crippen LogP contribution in [0.4, 0.5) is 5.69 Å². The number of fused-ring (bicyclic) bond motifs is 6. The second-order valence-corrected chi connectivity index (χ2v) is 11.3. The number of anilines is 1. The van der Waals surface area contributed by atoms with Crippen molar-refractivity contribution in [3.05, 3.63) is 130 Å². The predicted octanol–water partition coefficient (Wildman–Crippen LogP) is 6.34. The van der Waals surface area contributed by atoms with E-state index in [-0.39, 0.29) is 28.1 Å². The summed E-state index contributed by atoms with van der Waals surface area (Å²) in [4.78, 5) is 46.1. The highest BCUT2D eigenvalue weighted by molar-refractivity contribution is 6.34. The summed E-state index contributed by atoms with van der Waals surface area (Å²) >= 11 is 6.62. The Bertz CT molecular complexity index is 1850. The van der Waals surface area contributed by atoms with E-state index in [0.717, 1.165) is 11.1 Å². The fourth-order valence-corrected chi connectivity index (χ4v) is 7.39. The number of nitrogens with one attached hydrogen (secondary N) is 1. The van der Waals surface area contributed by atoms with E-state index in [1.54, 1.807) is 42.5 Å². The molecule has 3 aliphatic heterocycles. The van der Waals surface area contributed by atoms with Crippen molar-refractivity contribution >= 4 is 40.8 Å². The molecular weight excluding hydrogens is 564 g/mol. The van der Waals surface area contributed by atoms with Crippen LogP contribution >= 0.6 is 11.6 Å². The number of methoxy groups -OCH3 is 2. The summed E-state index contributed by atoms with van der Waals surface area (Å²) in [5.41, 5.74) is 2.22. The lowest BCUT2D eigenvalue weighted by Crippen LogP contribution is -2.49. The number of nitrogens with zero attached hydrogens (tertiary/aromatic N) is 1. The second-order valence-electron chi connectivity index (χ2n) is 10.9. The maximum absolute atomic E-state index is 14.9. The molecule has 1 saturated heterocycles. The minimum Gasteiger partial charge on any atom is -0.493 e. The molecule has 8 heteroatoms. The SMILES string of the molecule is COc1ccc(C(=O)[C@@H]2[C@@H](C(=O)c3ccccc3Cl)[C@]3(C(=O)Nc4ccccc43)[C@H]3c4ccccc4C=CN23)cc1OC. The summed E-state index contributed by atoms with van der Waals surface area (Å²) in [7, 11) is 3.02. The smallest absolute Gasteiger partial charge is 0.238 e. The van der Waals surface area contributed by atoms with Crippen molar-refractivity contribution in [2.45, 2.75) is 17.5 Å². The number of hydrogen-bond acceptors (Lipinski definition) is 6. The van der Waals surface area contributed by atoms with Crippen LogP contribution in [0, 0.1) is 5.92 Å². The maximum atomic E-state index is 14.9. The predicted molar refractivity (Wildman–Crippen MR) is 164 cm³/mol. The van der Waals surface area contributed by atoms with Crippen LogP contribution in [0.15, 0.2) is 97.2 Å². The van der Waals surface area contributed by atoms with E-state index in [1.165, 1.54) is 14.2 Å². The third-order valence-corrected chi connectivity index (χ3v) is 9.26. The van der Waals surface area contributed by atoms with Crippen molar-refractivity contribution in [2.24, 2.45) is 5.92 Å². The Kier molecular flexibility index (Phi) is 6.36. The van der Waals surface area contributed by atoms with E-state index in [0.29, 0.717) is 28.3 Å². The Hall–Kier alpha value is -4.88. The lowest BCUT2D eigenvalue weighted by Gasteiger charge is -2.38. The highest BCUT2D eigenvalue weighted by Crippen LogP contribution is 2.62. The summed E-state index contributed by atoms with van der Waals surface area (Å²) in [6.45, 7) is 0. The first kappa shape index (κ1) is 27.0. The Morgan fingerprint density at radius 2 is 1.58 bits per heavy atom. The molecule has 0 aliphatic carbocycles. The number of carbonyl (C=O) groups is 3. The van der Waals surface area contributed by atoms with Crippen LogP contribution in [-0.2, 0) is 10.2 Å². The molecule has 7 rings (SSSR count). The normalized spacial score (nSPS) is 22.9. The molecule has 0 bridgehead atoms. The molecule has 3 aliphatic rings. The molecule has 214 valence electrons. The van der Waals surface area contributed by atoms with Gasteiger partial charge in [-0.15, -0.1) is 0 Å². The molecular formula is C35H27ClN2O5. The molecule has 3 heterocycles. The zero-order valence-electron chi connectivity index (χ0n) is 23.4. The summed E-state index contributed by atoms with van der Waals surface area (Å²) in [6.07, 6.45) is 3.77. The van der Waals surface area contributed by atoms with E-state index >= 15 is 0 Å². The second kappa shape index (κ2) is 10.1. The minimum atomic E-state index is -1.44. The van der Waals surface area contributed by atoms with Crippen molar-refractivity contribution in [3.63, 3.8) is 0 Å². The zero-order chi connectivity index (χ0) is 29.9. The molecule has 43 heavy (non-hydrogen) atoms. The molecule has 1 amide bonds. The lowest BCUT2D eigenvalue weighted by atomic mass is 9.62. The van der Waals surface area contributed by atoms with Crippen molar-refractivity contribution in [3.8, 4) is 11.5 Å². The lowest BCUT2D eigenvalue weighted by molar-refractivity contribution is -0.122. The standard InChI is InChI=1S/C35H27ClN2O5/c1-42-27-16-15-21(19-28(27)43-2)31(39)30-29(32(40)23-11-5-7-13-25(23)36)35(24-12-6-8-14-26(24)37-34(35)41)33-22-10-4-3-9-20(22)17-18-38(30)33/h3-19,29-30,33H,1-2H3,(H,37,41)/t29-,30-,33+,35-/m0/s1. The molecule has 0 aromatic heterocycles. The number of carbonyl (C=O) groups excluding carboxylic acids is 3. The van der Waals surface area contributed by atoms with Gasteiger partial charge >= 0.3 is 0 Å². The van der Waals surface area contributed by atoms with Gasteiger partial charge in [0.25, 0.3) is 0 Å². The number of rotatable bonds is 6. The van der Waals surface area contributed by atoms with Crippen LogP contribution in [0.3, 0.4) is 0 Å². The molecule has 0 radical (unpaired) electrons. The van der Waals surface area contributed by atoms with Gasteiger partial charge in [-0.25, -0.2) is 0 Å². The maximum Gasteiger partial charge on any atom is 0.238 e. The molecule has 7 nitrogen and oxygen atoms in total. The largest absolute Gasteiger partial charge is 0.493 e. The van der Waals surface area contributed by atoms with Crippen molar-refractivity contribution < 1.29 is 23.9 Å². The van der Waals surface area contributed by atoms with E-state index in [4.69, 9.17) is 21.1 Å². The van der Waals surface area contributed by atoms with Gasteiger partial charge in [-0.3, -0.25) is 14.4 Å². The molecule has 1 fully saturated rings. The number of ketones is 2. The van der Waals surface area contributed by atoms with Gasteiger partial charge < -0.3 is 19.7 Å². The van der Waals surface area contributed by atoms with Gasteiger partial charge in [0.15, 0.2) is 23.1 Å². The van der Waals surface area contributed by atoms with Crippen LogP contribution in [0.1, 0.15) is 43.4 Å². The quantitative estimate of drug-likeness (QED) is 0.264. The van der Waals surface area contributed by atoms with Gasteiger partial charge in [-0.2, -0.15) is 0 Å². The van der Waals surface area contributed by atoms with Crippen molar-refractivity contribution in [2.75, 3.05) is 19.5 Å². The van der Waals surface area contributed by atoms with E-state index < -0.39 is 23.4 Å². The molecule has 0 unspecified atom stereocenters. The fraction of sp³-hybridized carbons (Fsp3) is 0.171. The first-order chi connectivity index (χ1) is 20.9. The van der Waals surface area contributed by atoms with Crippen LogP contribution in [0.5, 0.6) is 11.5 Å². The van der Waals surface area contributed by atoms with E-state index in [1.807, 2.05) is 65.7 Å². The van der Waals surface area contributed by atoms with E-state index in [9.17, 15) is 14.4 Å². The van der Waals surface area contributed by atoms with Gasteiger partial charge in [0, 0.05) is 23.0 Å². The molecule has 0 saturated carbocycles. The number of amides is 1. The van der Waals surface area contributed by atoms with Crippen molar-refractivity contribution in [1.82, 2.24) is 4.90 Å². The first-order valence-corrected chi connectivity index (χ1v) is 14.3. The molecule has 1 N–H and O–H groups in total. The fourth-order valence-electron chi connectivity index (χ4n) is 7.16. The number of halogens is 1. The summed E-state index contributed by atoms with van der Waals surface area (Å²) in [6, 6.07) is 25.2. The Morgan fingerprint density at radius 3 is 2.37 bits per heavy atom. The highest BCUT2D eigenvalue weighted by Gasteiger charge is 2.70. The van der Waals surface area contributed by atoms with Gasteiger partial charge in [0.2, 0.25) is 5.91 Å². The number of Topliss-reactive ketones (excluding diaryl/α,β-unsaturated/α-hetero) is 2. The summed E-state index contributed by atoms with van der Waals surface area (Å²) in [5, 5.41) is 3.31. The topological polar surface area (TPSA) is 84.9 Å². The number of benzene rings is 4. The zero-order valence-corrected chi connectivity index (χ0v) is 24.2. The summed E-state index contributed by atoms with van der Waals surface area (Å²) < 4.78 is 10.9. The minimum absolute atomic E-state index is 0.257. The van der Waals surface area contributed by atoms with Crippen LogP contribution in [0.25, 0.3) is 6.08 Å². The monoisotopic (exact) mass is 590 g/mol. The van der Waals surface area contributed by atoms with Crippen LogP contribution in [-0.4, -0.2) is 42.6 Å². The van der Waals surface area contributed by atoms with Crippen LogP contribution in [0.2, 0.25) is 5.02 Å². The number of para-hydroxylation sites is 1. The highest BCUT2D eigenvalue weighted by atomic mass is 35.5. The van der Waals surface area contributed by atoms with Crippen LogP contribution < -0.4 is 14.8 Å². The molecule has 4 atom stereocenters. The number of ether oxygens (including phenoxy) is 2. The van der Waals surface area contributed by atoms with Gasteiger partial charge in [-0.05, 0) is 59.2 Å². The molecule has 4 aromatic carbocycles. The first-order valence-electron chi connectivity index (χ1n) is 13.9. The number of hydrogen-bond donors (Lipinski definition) is 1. The van der Waals surface area contributed by atoms with Gasteiger partial charge in [0.1, 0.15) is 11.5 Å². The Labute approximate surface area is 253 Å². The average molecular weight is 591 g/mol. The van der Waals surface area contributed by atoms with Gasteiger partial charge in [-0.1, -0.05) is 66.2 Å².